The molecule has 0 fully saturated rings. The summed E-state index contributed by atoms with van der Waals surface area (Å²) >= 11 is 1.88. The number of rotatable bonds is 3. The van der Waals surface area contributed by atoms with Crippen molar-refractivity contribution in [1.82, 2.24) is 14.5 Å². The third-order valence-electron chi connectivity index (χ3n) is 11.0. The van der Waals surface area contributed by atoms with Gasteiger partial charge in [0.15, 0.2) is 0 Å². The molecule has 12 aromatic rings. The lowest BCUT2D eigenvalue weighted by Crippen LogP contribution is -2.03. The van der Waals surface area contributed by atoms with Gasteiger partial charge in [0.1, 0.15) is 0 Å². The van der Waals surface area contributed by atoms with Crippen LogP contribution in [0.5, 0.6) is 0 Å². The van der Waals surface area contributed by atoms with Gasteiger partial charge in [-0.25, -0.2) is 9.97 Å². The first-order chi connectivity index (χ1) is 25.8. The average Bonchev–Trinajstić information content (AvgIpc) is 3.76. The number of fused-ring (bicyclic) bond motifs is 6. The Labute approximate surface area is 302 Å². The molecule has 3 nitrogen and oxygen atoms in total. The predicted molar refractivity (Wildman–Crippen MR) is 221 cm³/mol. The molecule has 3 aromatic heterocycles. The number of nitrogens with zero attached hydrogens (tertiary/aromatic N) is 3. The molecule has 0 aliphatic rings. The Bertz CT molecular complexity index is 3390. The molecule has 0 bridgehead atoms. The normalized spacial score (nSPS) is 12.2. The molecule has 0 radical (unpaired) electrons. The molecule has 4 heteroatoms. The van der Waals surface area contributed by atoms with E-state index in [0.717, 1.165) is 38.6 Å². The predicted octanol–water partition coefficient (Wildman–Crippen LogP) is 13.3. The fraction of sp³-hybridized carbons (Fsp3) is 0. The van der Waals surface area contributed by atoms with Crippen LogP contribution in [0.25, 0.3) is 114 Å². The maximum atomic E-state index is 5.56. The van der Waals surface area contributed by atoms with Crippen LogP contribution in [0.1, 0.15) is 0 Å². The Morgan fingerprint density at radius 2 is 1.00 bits per heavy atom. The van der Waals surface area contributed by atoms with Gasteiger partial charge in [-0.3, -0.25) is 4.57 Å². The number of hydrogen-bond donors (Lipinski definition) is 0. The lowest BCUT2D eigenvalue weighted by Gasteiger charge is -2.14. The van der Waals surface area contributed by atoms with Gasteiger partial charge >= 0.3 is 0 Å². The van der Waals surface area contributed by atoms with Crippen molar-refractivity contribution in [3.63, 3.8) is 0 Å². The van der Waals surface area contributed by atoms with E-state index in [0.29, 0.717) is 5.95 Å². The molecule has 9 aromatic carbocycles. The Hall–Kier alpha value is -6.62. The summed E-state index contributed by atoms with van der Waals surface area (Å²) in [5.74, 6) is 0.675. The second-order valence-corrected chi connectivity index (χ2v) is 14.8. The van der Waals surface area contributed by atoms with Crippen LogP contribution in [0.3, 0.4) is 0 Å². The Kier molecular flexibility index (Phi) is 5.65. The molecule has 0 N–H and O–H groups in total. The zero-order valence-corrected chi connectivity index (χ0v) is 28.7. The van der Waals surface area contributed by atoms with Gasteiger partial charge < -0.3 is 0 Å². The van der Waals surface area contributed by atoms with E-state index in [-0.39, 0.29) is 0 Å². The minimum atomic E-state index is 0.675. The van der Waals surface area contributed by atoms with Crippen LogP contribution < -0.4 is 0 Å². The highest BCUT2D eigenvalue weighted by Gasteiger charge is 2.24. The molecule has 0 amide bonds. The molecule has 0 unspecified atom stereocenters. The van der Waals surface area contributed by atoms with E-state index >= 15 is 0 Å². The fourth-order valence-corrected chi connectivity index (χ4v) is 9.86. The minimum Gasteiger partial charge on any atom is -0.278 e. The van der Waals surface area contributed by atoms with Crippen molar-refractivity contribution >= 4 is 96.5 Å². The molecule has 0 aliphatic carbocycles. The van der Waals surface area contributed by atoms with Crippen LogP contribution >= 0.6 is 11.3 Å². The fourth-order valence-electron chi connectivity index (χ4n) is 8.72. The summed E-state index contributed by atoms with van der Waals surface area (Å²) < 4.78 is 4.92. The van der Waals surface area contributed by atoms with E-state index in [9.17, 15) is 0 Å². The monoisotopic (exact) mass is 677 g/mol. The van der Waals surface area contributed by atoms with Crippen molar-refractivity contribution in [3.05, 3.63) is 164 Å². The average molecular weight is 678 g/mol. The van der Waals surface area contributed by atoms with Crippen molar-refractivity contribution in [2.45, 2.75) is 0 Å². The van der Waals surface area contributed by atoms with E-state index in [1.807, 2.05) is 11.3 Å². The first kappa shape index (κ1) is 28.1. The molecule has 12 rings (SSSR count). The smallest absolute Gasteiger partial charge is 0.235 e. The van der Waals surface area contributed by atoms with E-state index in [2.05, 4.69) is 168 Å². The summed E-state index contributed by atoms with van der Waals surface area (Å²) in [6.07, 6.45) is 0. The summed E-state index contributed by atoms with van der Waals surface area (Å²) in [6, 6.07) is 59.2. The maximum Gasteiger partial charge on any atom is 0.235 e. The lowest BCUT2D eigenvalue weighted by atomic mass is 9.95. The lowest BCUT2D eigenvalue weighted by molar-refractivity contribution is 1.01. The zero-order valence-electron chi connectivity index (χ0n) is 27.8. The molecule has 0 saturated heterocycles. The van der Waals surface area contributed by atoms with E-state index in [4.69, 9.17) is 9.97 Å². The molecule has 52 heavy (non-hydrogen) atoms. The Morgan fingerprint density at radius 3 is 1.83 bits per heavy atom. The third-order valence-corrected chi connectivity index (χ3v) is 12.1. The van der Waals surface area contributed by atoms with E-state index in [1.165, 1.54) is 69.0 Å². The Balaban J connectivity index is 1.23. The second-order valence-electron chi connectivity index (χ2n) is 13.7. The number of thiophene rings is 1. The summed E-state index contributed by atoms with van der Waals surface area (Å²) in [5, 5.41) is 13.6. The van der Waals surface area contributed by atoms with Gasteiger partial charge in [-0.05, 0) is 73.8 Å². The van der Waals surface area contributed by atoms with Crippen LogP contribution in [0.4, 0.5) is 0 Å². The van der Waals surface area contributed by atoms with Crippen LogP contribution in [0, 0.1) is 0 Å². The minimum absolute atomic E-state index is 0.675. The molecule has 0 aliphatic heterocycles. The van der Waals surface area contributed by atoms with Gasteiger partial charge in [0.05, 0.1) is 22.2 Å². The molecule has 0 spiro atoms. The third kappa shape index (κ3) is 3.79. The molecular formula is C48H27N3S. The topological polar surface area (TPSA) is 30.7 Å². The summed E-state index contributed by atoms with van der Waals surface area (Å²) in [6.45, 7) is 0. The van der Waals surface area contributed by atoms with Crippen molar-refractivity contribution < 1.29 is 0 Å². The van der Waals surface area contributed by atoms with Crippen LogP contribution in [0.2, 0.25) is 0 Å². The van der Waals surface area contributed by atoms with Gasteiger partial charge in [-0.1, -0.05) is 133 Å². The Morgan fingerprint density at radius 1 is 0.365 bits per heavy atom. The summed E-state index contributed by atoms with van der Waals surface area (Å²) in [5.41, 5.74) is 7.53. The molecule has 0 saturated carbocycles. The van der Waals surface area contributed by atoms with Gasteiger partial charge in [0.2, 0.25) is 5.95 Å². The summed E-state index contributed by atoms with van der Waals surface area (Å²) in [4.78, 5) is 11.0. The quantitative estimate of drug-likeness (QED) is 0.174. The molecular weight excluding hydrogens is 651 g/mol. The number of benzene rings is 8. The SMILES string of the molecule is c1ccc(-c2ccc(-c3nc(-n4c5cccc6c7ccccc7c7cccc8sc9ccc4c(c9c87)c65)nc4ccc5ccccc5c34)cc2)cc1. The van der Waals surface area contributed by atoms with Gasteiger partial charge in [0.25, 0.3) is 0 Å². The largest absolute Gasteiger partial charge is 0.278 e. The van der Waals surface area contributed by atoms with Crippen molar-refractivity contribution in [2.75, 3.05) is 0 Å². The molecule has 3 heterocycles. The molecule has 240 valence electrons. The highest BCUT2D eigenvalue weighted by atomic mass is 32.1. The van der Waals surface area contributed by atoms with Crippen molar-refractivity contribution in [1.29, 1.82) is 0 Å². The van der Waals surface area contributed by atoms with Gasteiger partial charge in [-0.15, -0.1) is 11.3 Å². The van der Waals surface area contributed by atoms with Crippen molar-refractivity contribution in [2.24, 2.45) is 0 Å². The first-order valence-corrected chi connectivity index (χ1v) is 18.5. The first-order valence-electron chi connectivity index (χ1n) is 17.7. The van der Waals surface area contributed by atoms with Gasteiger partial charge in [0, 0.05) is 41.9 Å². The van der Waals surface area contributed by atoms with Crippen LogP contribution in [-0.2, 0) is 0 Å². The van der Waals surface area contributed by atoms with E-state index in [1.54, 1.807) is 0 Å². The van der Waals surface area contributed by atoms with Gasteiger partial charge in [-0.2, -0.15) is 0 Å². The van der Waals surface area contributed by atoms with Crippen LogP contribution in [-0.4, -0.2) is 14.5 Å². The zero-order chi connectivity index (χ0) is 33.9. The second kappa shape index (κ2) is 10.5. The highest BCUT2D eigenvalue weighted by Crippen LogP contribution is 2.48. The van der Waals surface area contributed by atoms with Crippen molar-refractivity contribution in [3.8, 4) is 28.3 Å². The maximum absolute atomic E-state index is 5.56. The van der Waals surface area contributed by atoms with Crippen LogP contribution in [0.15, 0.2) is 164 Å². The summed E-state index contributed by atoms with van der Waals surface area (Å²) in [7, 11) is 0. The number of hydrogen-bond acceptors (Lipinski definition) is 3. The van der Waals surface area contributed by atoms with E-state index < -0.39 is 0 Å². The highest BCUT2D eigenvalue weighted by molar-refractivity contribution is 7.26. The standard InChI is InChI=1S/C48H27N3S/c1-2-10-28(11-3-1)29-20-22-31(23-21-29)47-42-32-13-5-4-12-30(32)24-25-37(42)49-48(50-47)51-38-18-8-16-35-33-14-6-7-15-34(33)36-17-9-19-40-44(36)46-41(52-40)27-26-39(51)45(46)43(35)38/h1-27H. The molecule has 0 atom stereocenters. The number of aromatic nitrogens is 3.